The van der Waals surface area contributed by atoms with E-state index in [2.05, 4.69) is 29.4 Å². The zero-order valence-electron chi connectivity index (χ0n) is 11.1. The van der Waals surface area contributed by atoms with Crippen LogP contribution in [0.25, 0.3) is 6.08 Å². The molecular weight excluding hydrogens is 276 g/mol. The van der Waals surface area contributed by atoms with Crippen molar-refractivity contribution in [1.29, 1.82) is 0 Å². The average Bonchev–Trinajstić information content (AvgIpc) is 2.95. The molecule has 19 heavy (non-hydrogen) atoms. The Labute approximate surface area is 121 Å². The van der Waals surface area contributed by atoms with Crippen molar-refractivity contribution in [3.05, 3.63) is 44.0 Å². The zero-order valence-corrected chi connectivity index (χ0v) is 12.8. The monoisotopic (exact) mass is 292 g/mol. The van der Waals surface area contributed by atoms with Crippen LogP contribution in [0.15, 0.2) is 23.6 Å². The molecule has 0 fully saturated rings. The fraction of sp³-hybridized carbons (Fsp3) is 0.286. The van der Waals surface area contributed by atoms with Crippen molar-refractivity contribution in [1.82, 2.24) is 10.3 Å². The molecule has 0 bridgehead atoms. The summed E-state index contributed by atoms with van der Waals surface area (Å²) in [7, 11) is 0. The Morgan fingerprint density at radius 3 is 2.79 bits per heavy atom. The van der Waals surface area contributed by atoms with Crippen LogP contribution in [0, 0.1) is 13.8 Å². The van der Waals surface area contributed by atoms with Gasteiger partial charge in [-0.25, -0.2) is 4.98 Å². The fourth-order valence-electron chi connectivity index (χ4n) is 1.64. The van der Waals surface area contributed by atoms with E-state index in [-0.39, 0.29) is 11.9 Å². The third kappa shape index (κ3) is 4.01. The Bertz CT molecular complexity index is 598. The molecule has 2 heterocycles. The van der Waals surface area contributed by atoms with Crippen LogP contribution in [0.2, 0.25) is 0 Å². The van der Waals surface area contributed by atoms with Crippen molar-refractivity contribution >= 4 is 34.7 Å². The first-order valence-electron chi connectivity index (χ1n) is 6.01. The minimum absolute atomic E-state index is 0.0352. The van der Waals surface area contributed by atoms with E-state index in [9.17, 15) is 4.79 Å². The predicted octanol–water partition coefficient (Wildman–Crippen LogP) is 3.71. The van der Waals surface area contributed by atoms with E-state index in [0.29, 0.717) is 0 Å². The maximum Gasteiger partial charge on any atom is 0.244 e. The zero-order chi connectivity index (χ0) is 13.8. The van der Waals surface area contributed by atoms with E-state index in [1.54, 1.807) is 28.7 Å². The number of hydrogen-bond acceptors (Lipinski definition) is 4. The Kier molecular flexibility index (Phi) is 4.50. The molecule has 2 rings (SSSR count). The Morgan fingerprint density at radius 1 is 1.42 bits per heavy atom. The number of nitrogens with zero attached hydrogens (tertiary/aromatic N) is 1. The van der Waals surface area contributed by atoms with Crippen molar-refractivity contribution in [2.24, 2.45) is 0 Å². The van der Waals surface area contributed by atoms with Gasteiger partial charge in [0.25, 0.3) is 0 Å². The first-order valence-corrected chi connectivity index (χ1v) is 7.71. The molecule has 0 saturated heterocycles. The van der Waals surface area contributed by atoms with Gasteiger partial charge in [-0.2, -0.15) is 0 Å². The number of rotatable bonds is 4. The van der Waals surface area contributed by atoms with Crippen molar-refractivity contribution in [2.75, 3.05) is 0 Å². The van der Waals surface area contributed by atoms with Gasteiger partial charge in [0.2, 0.25) is 5.91 Å². The number of aryl methyl sites for hydroxylation is 2. The molecule has 1 N–H and O–H groups in total. The molecule has 100 valence electrons. The van der Waals surface area contributed by atoms with Crippen LogP contribution in [-0.2, 0) is 4.79 Å². The summed E-state index contributed by atoms with van der Waals surface area (Å²) in [5.74, 6) is -0.0933. The number of nitrogens with one attached hydrogen (secondary N) is 1. The summed E-state index contributed by atoms with van der Waals surface area (Å²) in [6, 6.07) is 4.16. The third-order valence-corrected chi connectivity index (χ3v) is 4.56. The van der Waals surface area contributed by atoms with Crippen LogP contribution in [0.5, 0.6) is 0 Å². The third-order valence-electron chi connectivity index (χ3n) is 2.59. The van der Waals surface area contributed by atoms with Gasteiger partial charge in [0.1, 0.15) is 0 Å². The first kappa shape index (κ1) is 14.0. The summed E-state index contributed by atoms with van der Waals surface area (Å²) >= 11 is 3.28. The minimum atomic E-state index is -0.0933. The average molecular weight is 292 g/mol. The van der Waals surface area contributed by atoms with E-state index < -0.39 is 0 Å². The first-order chi connectivity index (χ1) is 9.04. The van der Waals surface area contributed by atoms with Crippen LogP contribution >= 0.6 is 22.7 Å². The quantitative estimate of drug-likeness (QED) is 0.873. The van der Waals surface area contributed by atoms with Gasteiger partial charge < -0.3 is 5.32 Å². The van der Waals surface area contributed by atoms with E-state index in [4.69, 9.17) is 0 Å². The topological polar surface area (TPSA) is 42.0 Å². The summed E-state index contributed by atoms with van der Waals surface area (Å²) in [5.41, 5.74) is 0.831. The molecule has 2 aromatic heterocycles. The second-order valence-electron chi connectivity index (χ2n) is 4.30. The molecule has 1 unspecified atom stereocenters. The SMILES string of the molecule is Cc1ccc(C(C)NC(=O)C=Cc2csc(C)n2)s1. The standard InChI is InChI=1S/C14H16N2OS2/c1-9-4-6-13(19-9)10(2)15-14(17)7-5-12-8-18-11(3)16-12/h4-8,10H,1-3H3,(H,15,17). The highest BCUT2D eigenvalue weighted by atomic mass is 32.1. The lowest BCUT2D eigenvalue weighted by Crippen LogP contribution is -2.23. The molecule has 0 radical (unpaired) electrons. The molecule has 0 aliphatic heterocycles. The highest BCUT2D eigenvalue weighted by Gasteiger charge is 2.09. The largest absolute Gasteiger partial charge is 0.345 e. The van der Waals surface area contributed by atoms with Gasteiger partial charge in [-0.3, -0.25) is 4.79 Å². The van der Waals surface area contributed by atoms with Crippen molar-refractivity contribution in [3.63, 3.8) is 0 Å². The summed E-state index contributed by atoms with van der Waals surface area (Å²) in [6.45, 7) is 6.00. The smallest absolute Gasteiger partial charge is 0.244 e. The van der Waals surface area contributed by atoms with E-state index >= 15 is 0 Å². The van der Waals surface area contributed by atoms with Crippen molar-refractivity contribution in [2.45, 2.75) is 26.8 Å². The normalized spacial score (nSPS) is 12.8. The molecule has 0 spiro atoms. The minimum Gasteiger partial charge on any atom is -0.345 e. The second kappa shape index (κ2) is 6.12. The van der Waals surface area contributed by atoms with Crippen LogP contribution in [0.4, 0.5) is 0 Å². The predicted molar refractivity (Wildman–Crippen MR) is 81.5 cm³/mol. The van der Waals surface area contributed by atoms with Crippen molar-refractivity contribution < 1.29 is 4.79 Å². The number of carbonyl (C=O) groups excluding carboxylic acids is 1. The van der Waals surface area contributed by atoms with Gasteiger partial charge in [-0.15, -0.1) is 22.7 Å². The van der Waals surface area contributed by atoms with Gasteiger partial charge in [0.05, 0.1) is 16.7 Å². The fourth-order valence-corrected chi connectivity index (χ4v) is 3.10. The summed E-state index contributed by atoms with van der Waals surface area (Å²) < 4.78 is 0. The summed E-state index contributed by atoms with van der Waals surface area (Å²) in [6.07, 6.45) is 3.27. The molecule has 0 aliphatic carbocycles. The summed E-state index contributed by atoms with van der Waals surface area (Å²) in [5, 5.41) is 5.88. The van der Waals surface area contributed by atoms with Crippen LogP contribution in [0.1, 0.15) is 33.4 Å². The van der Waals surface area contributed by atoms with E-state index in [1.165, 1.54) is 15.8 Å². The molecule has 2 aromatic rings. The molecule has 5 heteroatoms. The maximum atomic E-state index is 11.8. The number of aromatic nitrogens is 1. The number of amides is 1. The number of carbonyl (C=O) groups is 1. The number of hydrogen-bond donors (Lipinski definition) is 1. The molecule has 3 nitrogen and oxygen atoms in total. The Morgan fingerprint density at radius 2 is 2.21 bits per heavy atom. The van der Waals surface area contributed by atoms with E-state index in [0.717, 1.165) is 10.7 Å². The molecule has 1 atom stereocenters. The second-order valence-corrected chi connectivity index (χ2v) is 6.69. The van der Waals surface area contributed by atoms with Gasteiger partial charge in [-0.05, 0) is 39.0 Å². The van der Waals surface area contributed by atoms with Gasteiger partial charge in [0, 0.05) is 21.2 Å². The highest BCUT2D eigenvalue weighted by molar-refractivity contribution is 7.12. The molecule has 0 aromatic carbocycles. The van der Waals surface area contributed by atoms with Gasteiger partial charge >= 0.3 is 0 Å². The molecule has 1 amide bonds. The Hall–Kier alpha value is -1.46. The molecule has 0 aliphatic rings. The number of thiazole rings is 1. The lowest BCUT2D eigenvalue weighted by molar-refractivity contribution is -0.117. The van der Waals surface area contributed by atoms with Gasteiger partial charge in [0.15, 0.2) is 0 Å². The lowest BCUT2D eigenvalue weighted by atomic mass is 10.2. The Balaban J connectivity index is 1.92. The molecule has 0 saturated carbocycles. The maximum absolute atomic E-state index is 11.8. The van der Waals surface area contributed by atoms with Crippen LogP contribution in [-0.4, -0.2) is 10.9 Å². The van der Waals surface area contributed by atoms with Crippen LogP contribution in [0.3, 0.4) is 0 Å². The van der Waals surface area contributed by atoms with Crippen LogP contribution < -0.4 is 5.32 Å². The van der Waals surface area contributed by atoms with Gasteiger partial charge in [-0.1, -0.05) is 0 Å². The lowest BCUT2D eigenvalue weighted by Gasteiger charge is -2.09. The highest BCUT2D eigenvalue weighted by Crippen LogP contribution is 2.22. The van der Waals surface area contributed by atoms with Crippen molar-refractivity contribution in [3.8, 4) is 0 Å². The molecular formula is C14H16N2OS2. The number of thiophene rings is 1. The summed E-state index contributed by atoms with van der Waals surface area (Å²) in [4.78, 5) is 18.5. The van der Waals surface area contributed by atoms with E-state index in [1.807, 2.05) is 19.2 Å².